The minimum atomic E-state index is -3.27. The van der Waals surface area contributed by atoms with Crippen LogP contribution in [0.15, 0.2) is 48.7 Å². The smallest absolute Gasteiger partial charge is 0.208 e. The molecule has 1 saturated carbocycles. The van der Waals surface area contributed by atoms with Crippen molar-refractivity contribution >= 4 is 15.8 Å². The van der Waals surface area contributed by atoms with Gasteiger partial charge in [-0.1, -0.05) is 36.4 Å². The zero-order valence-electron chi connectivity index (χ0n) is 19.1. The third kappa shape index (κ3) is 6.30. The molecule has 1 saturated heterocycles. The van der Waals surface area contributed by atoms with Crippen LogP contribution in [-0.4, -0.2) is 51.5 Å². The molecule has 0 unspecified atom stereocenters. The first-order valence-electron chi connectivity index (χ1n) is 11.7. The number of pyridine rings is 1. The lowest BCUT2D eigenvalue weighted by Gasteiger charge is -2.40. The summed E-state index contributed by atoms with van der Waals surface area (Å²) in [5.41, 5.74) is 2.56. The lowest BCUT2D eigenvalue weighted by molar-refractivity contribution is -0.00213. The van der Waals surface area contributed by atoms with Gasteiger partial charge < -0.3 is 9.64 Å². The molecule has 2 aliphatic rings. The Bertz CT molecular complexity index is 958. The van der Waals surface area contributed by atoms with E-state index in [-0.39, 0.29) is 18.1 Å². The van der Waals surface area contributed by atoms with Crippen LogP contribution in [0.3, 0.4) is 0 Å². The topological polar surface area (TPSA) is 71.5 Å². The SMILES string of the molecule is Cc1ccc(N2CC[C@H](NS(C)(=O)=O)[C@H](CO[C@H]3CC[C@@H](c4ccccc4)CC3)C2)nc1. The summed E-state index contributed by atoms with van der Waals surface area (Å²) in [4.78, 5) is 6.82. The molecule has 2 fully saturated rings. The second kappa shape index (κ2) is 10.3. The molecule has 0 radical (unpaired) electrons. The zero-order valence-corrected chi connectivity index (χ0v) is 19.9. The van der Waals surface area contributed by atoms with Gasteiger partial charge in [0.15, 0.2) is 0 Å². The summed E-state index contributed by atoms with van der Waals surface area (Å²) < 4.78 is 33.1. The van der Waals surface area contributed by atoms with Gasteiger partial charge in [-0.3, -0.25) is 0 Å². The number of aromatic nitrogens is 1. The van der Waals surface area contributed by atoms with Gasteiger partial charge >= 0.3 is 0 Å². The van der Waals surface area contributed by atoms with E-state index in [2.05, 4.69) is 51.0 Å². The molecule has 1 N–H and O–H groups in total. The van der Waals surface area contributed by atoms with Crippen molar-refractivity contribution in [1.29, 1.82) is 0 Å². The molecule has 0 spiro atoms. The Labute approximate surface area is 192 Å². The zero-order chi connectivity index (χ0) is 22.6. The van der Waals surface area contributed by atoms with Crippen molar-refractivity contribution in [2.75, 3.05) is 30.9 Å². The number of hydrogen-bond acceptors (Lipinski definition) is 5. The molecule has 6 nitrogen and oxygen atoms in total. The van der Waals surface area contributed by atoms with E-state index in [4.69, 9.17) is 4.74 Å². The average Bonchev–Trinajstić information content (AvgIpc) is 2.79. The fraction of sp³-hybridized carbons (Fsp3) is 0.560. The van der Waals surface area contributed by atoms with Crippen molar-refractivity contribution in [2.24, 2.45) is 5.92 Å². The quantitative estimate of drug-likeness (QED) is 0.683. The Morgan fingerprint density at radius 3 is 2.47 bits per heavy atom. The number of sulfonamides is 1. The molecule has 4 rings (SSSR count). The first-order chi connectivity index (χ1) is 15.4. The highest BCUT2D eigenvalue weighted by molar-refractivity contribution is 7.88. The number of anilines is 1. The summed E-state index contributed by atoms with van der Waals surface area (Å²) in [6, 6.07) is 14.8. The van der Waals surface area contributed by atoms with E-state index in [0.29, 0.717) is 12.5 Å². The van der Waals surface area contributed by atoms with E-state index in [0.717, 1.165) is 56.6 Å². The van der Waals surface area contributed by atoms with Gasteiger partial charge in [0.2, 0.25) is 10.0 Å². The molecule has 1 aliphatic carbocycles. The maximum atomic E-state index is 11.9. The molecular weight excluding hydrogens is 422 g/mol. The normalized spacial score (nSPS) is 26.8. The van der Waals surface area contributed by atoms with E-state index < -0.39 is 10.0 Å². The third-order valence-electron chi connectivity index (χ3n) is 6.81. The van der Waals surface area contributed by atoms with Crippen LogP contribution in [0, 0.1) is 12.8 Å². The Kier molecular flexibility index (Phi) is 7.48. The fourth-order valence-electron chi connectivity index (χ4n) is 5.03. The van der Waals surface area contributed by atoms with Gasteiger partial charge in [-0.2, -0.15) is 0 Å². The van der Waals surface area contributed by atoms with Gasteiger partial charge in [0, 0.05) is 31.2 Å². The second-order valence-corrected chi connectivity index (χ2v) is 11.2. The third-order valence-corrected chi connectivity index (χ3v) is 7.54. The lowest BCUT2D eigenvalue weighted by Crippen LogP contribution is -2.52. The predicted molar refractivity (Wildman–Crippen MR) is 128 cm³/mol. The number of benzene rings is 1. The van der Waals surface area contributed by atoms with Crippen molar-refractivity contribution in [3.63, 3.8) is 0 Å². The molecule has 0 amide bonds. The monoisotopic (exact) mass is 457 g/mol. The van der Waals surface area contributed by atoms with Crippen LogP contribution in [0.25, 0.3) is 0 Å². The molecular formula is C25H35N3O3S. The fourth-order valence-corrected chi connectivity index (χ4v) is 5.89. The Balaban J connectivity index is 1.35. The molecule has 7 heteroatoms. The van der Waals surface area contributed by atoms with Crippen LogP contribution >= 0.6 is 0 Å². The Hall–Kier alpha value is -1.96. The largest absolute Gasteiger partial charge is 0.378 e. The summed E-state index contributed by atoms with van der Waals surface area (Å²) >= 11 is 0. The summed E-state index contributed by atoms with van der Waals surface area (Å²) in [5, 5.41) is 0. The maximum absolute atomic E-state index is 11.9. The van der Waals surface area contributed by atoms with E-state index in [9.17, 15) is 8.42 Å². The highest BCUT2D eigenvalue weighted by atomic mass is 32.2. The van der Waals surface area contributed by atoms with E-state index >= 15 is 0 Å². The lowest BCUT2D eigenvalue weighted by atomic mass is 9.82. The molecule has 1 aromatic carbocycles. The molecule has 1 aliphatic heterocycles. The Morgan fingerprint density at radius 1 is 1.06 bits per heavy atom. The van der Waals surface area contributed by atoms with Crippen molar-refractivity contribution in [3.05, 3.63) is 59.8 Å². The number of piperidine rings is 1. The highest BCUT2D eigenvalue weighted by Gasteiger charge is 2.33. The Morgan fingerprint density at radius 2 is 1.81 bits per heavy atom. The number of hydrogen-bond donors (Lipinski definition) is 1. The molecule has 2 heterocycles. The van der Waals surface area contributed by atoms with Gasteiger partial charge in [-0.15, -0.1) is 0 Å². The summed E-state index contributed by atoms with van der Waals surface area (Å²) in [6.45, 7) is 4.11. The molecule has 0 bridgehead atoms. The van der Waals surface area contributed by atoms with Crippen LogP contribution in [0.5, 0.6) is 0 Å². The summed E-state index contributed by atoms with van der Waals surface area (Å²) in [5.74, 6) is 1.66. The van der Waals surface area contributed by atoms with Crippen LogP contribution in [0.4, 0.5) is 5.82 Å². The van der Waals surface area contributed by atoms with E-state index in [1.807, 2.05) is 19.2 Å². The minimum Gasteiger partial charge on any atom is -0.378 e. The summed E-state index contributed by atoms with van der Waals surface area (Å²) in [7, 11) is -3.27. The maximum Gasteiger partial charge on any atom is 0.208 e. The minimum absolute atomic E-state index is 0.0911. The van der Waals surface area contributed by atoms with Gasteiger partial charge in [0.1, 0.15) is 5.82 Å². The van der Waals surface area contributed by atoms with Gasteiger partial charge in [0.05, 0.1) is 19.0 Å². The van der Waals surface area contributed by atoms with Crippen LogP contribution in [-0.2, 0) is 14.8 Å². The summed E-state index contributed by atoms with van der Waals surface area (Å²) in [6.07, 6.45) is 8.52. The standard InChI is InChI=1S/C25H35N3O3S/c1-19-8-13-25(26-16-19)28-15-14-24(27-32(2,29)30)22(17-28)18-31-23-11-9-21(10-12-23)20-6-4-3-5-7-20/h3-8,13,16,21-24,27H,9-12,14-15,17-18H2,1-2H3/t21-,22-,23+,24-/m0/s1. The highest BCUT2D eigenvalue weighted by Crippen LogP contribution is 2.34. The van der Waals surface area contributed by atoms with Gasteiger partial charge in [-0.05, 0) is 62.1 Å². The first-order valence-corrected chi connectivity index (χ1v) is 13.6. The van der Waals surface area contributed by atoms with Crippen molar-refractivity contribution < 1.29 is 13.2 Å². The number of rotatable bonds is 7. The van der Waals surface area contributed by atoms with E-state index in [1.54, 1.807) is 0 Å². The van der Waals surface area contributed by atoms with Crippen LogP contribution in [0.2, 0.25) is 0 Å². The molecule has 2 atom stereocenters. The van der Waals surface area contributed by atoms with Crippen molar-refractivity contribution in [1.82, 2.24) is 9.71 Å². The number of ether oxygens (including phenoxy) is 1. The second-order valence-electron chi connectivity index (χ2n) is 9.40. The molecule has 2 aromatic rings. The van der Waals surface area contributed by atoms with Crippen LogP contribution in [0.1, 0.15) is 49.1 Å². The molecule has 1 aromatic heterocycles. The number of nitrogens with zero attached hydrogens (tertiary/aromatic N) is 2. The van der Waals surface area contributed by atoms with Crippen LogP contribution < -0.4 is 9.62 Å². The molecule has 32 heavy (non-hydrogen) atoms. The van der Waals surface area contributed by atoms with Crippen molar-refractivity contribution in [3.8, 4) is 0 Å². The number of nitrogens with one attached hydrogen (secondary N) is 1. The molecule has 174 valence electrons. The van der Waals surface area contributed by atoms with Gasteiger partial charge in [0.25, 0.3) is 0 Å². The van der Waals surface area contributed by atoms with Crippen molar-refractivity contribution in [2.45, 2.75) is 57.1 Å². The van der Waals surface area contributed by atoms with E-state index in [1.165, 1.54) is 11.8 Å². The number of aryl methyl sites for hydroxylation is 1. The van der Waals surface area contributed by atoms with Gasteiger partial charge in [-0.25, -0.2) is 18.1 Å². The predicted octanol–water partition coefficient (Wildman–Crippen LogP) is 3.88. The first kappa shape index (κ1) is 23.2. The average molecular weight is 458 g/mol.